The molecule has 0 heterocycles. The molecule has 0 aliphatic carbocycles. The molecule has 3 atom stereocenters. The fraction of sp³-hybridized carbons (Fsp3) is 0.333. The third-order valence-electron chi connectivity index (χ3n) is 3.21. The van der Waals surface area contributed by atoms with E-state index in [1.165, 1.54) is 12.1 Å². The van der Waals surface area contributed by atoms with Crippen LogP contribution < -0.4 is 10.1 Å². The van der Waals surface area contributed by atoms with Gasteiger partial charge in [-0.3, -0.25) is 0 Å². The van der Waals surface area contributed by atoms with Crippen molar-refractivity contribution < 1.29 is 21.8 Å². The van der Waals surface area contributed by atoms with Crippen molar-refractivity contribution in [1.82, 2.24) is 5.32 Å². The van der Waals surface area contributed by atoms with E-state index < -0.39 is 24.2 Å². The number of halogens is 1. The van der Waals surface area contributed by atoms with Gasteiger partial charge in [0.1, 0.15) is 18.1 Å². The Kier molecular flexibility index (Phi) is 5.17. The Bertz CT molecular complexity index is 778. The van der Waals surface area contributed by atoms with Crippen LogP contribution in [0.25, 0.3) is 0 Å². The van der Waals surface area contributed by atoms with Gasteiger partial charge in [0.05, 0.1) is 13.0 Å². The lowest BCUT2D eigenvalue weighted by Gasteiger charge is -2.25. The molecule has 3 unspecified atom stereocenters. The van der Waals surface area contributed by atoms with E-state index >= 15 is 0 Å². The van der Waals surface area contributed by atoms with Crippen LogP contribution >= 0.6 is 12.4 Å². The van der Waals surface area contributed by atoms with Crippen molar-refractivity contribution >= 4 is 12.4 Å². The number of nitrogens with one attached hydrogen (secondary N) is 1. The zero-order chi connectivity index (χ0) is 20.3. The zero-order valence-corrected chi connectivity index (χ0v) is 13.8. The predicted molar refractivity (Wildman–Crippen MR) is 94.3 cm³/mol. The highest BCUT2D eigenvalue weighted by atomic mass is 35.5. The van der Waals surface area contributed by atoms with Gasteiger partial charge in [0, 0.05) is 12.1 Å². The molecule has 2 aromatic carbocycles. The van der Waals surface area contributed by atoms with Crippen molar-refractivity contribution in [3.05, 3.63) is 60.0 Å². The molecule has 0 aliphatic rings. The van der Waals surface area contributed by atoms with Crippen LogP contribution in [0.2, 0.25) is 0 Å². The normalized spacial score (nSPS) is 17.4. The number of aliphatic hydroxyl groups is 1. The summed E-state index contributed by atoms with van der Waals surface area (Å²) in [5, 5.41) is 22.9. The second kappa shape index (κ2) is 9.40. The summed E-state index contributed by atoms with van der Waals surface area (Å²) in [7, 11) is 0. The molecule has 0 fully saturated rings. The molecule has 23 heavy (non-hydrogen) atoms. The molecule has 0 radical (unpaired) electrons. The lowest BCUT2D eigenvalue weighted by molar-refractivity contribution is 0.124. The fourth-order valence-corrected chi connectivity index (χ4v) is 2.07. The van der Waals surface area contributed by atoms with Gasteiger partial charge in [0.25, 0.3) is 0 Å². The van der Waals surface area contributed by atoms with E-state index in [1.807, 2.05) is 0 Å². The average Bonchev–Trinajstić information content (AvgIpc) is 2.64. The van der Waals surface area contributed by atoms with Crippen LogP contribution in [-0.2, 0) is 0 Å². The Morgan fingerprint density at radius 1 is 1.13 bits per heavy atom. The molecule has 2 aromatic rings. The zero-order valence-electron chi connectivity index (χ0n) is 18.0. The standard InChI is InChI=1S/C18H23NO3.ClH/c1-13(12-22-17-6-4-3-5-7-17)19-14(2)18(21)15-8-10-16(20)11-9-15;/h3-11,13-14,18-21H,12H2,1-2H3;1H/i3D,4D,5D,6D,7D;. The average molecular weight is 343 g/mol. The van der Waals surface area contributed by atoms with Crippen LogP contribution in [0.4, 0.5) is 0 Å². The number of para-hydroxylation sites is 1. The molecule has 0 aliphatic heterocycles. The molecule has 0 bridgehead atoms. The summed E-state index contributed by atoms with van der Waals surface area (Å²) in [4.78, 5) is 0. The van der Waals surface area contributed by atoms with Crippen molar-refractivity contribution in [2.45, 2.75) is 32.0 Å². The summed E-state index contributed by atoms with van der Waals surface area (Å²) in [6, 6.07) is 3.54. The topological polar surface area (TPSA) is 61.7 Å². The lowest BCUT2D eigenvalue weighted by atomic mass is 10.0. The summed E-state index contributed by atoms with van der Waals surface area (Å²) in [6.45, 7) is 3.65. The van der Waals surface area contributed by atoms with Crippen molar-refractivity contribution in [2.75, 3.05) is 6.61 Å². The van der Waals surface area contributed by atoms with Gasteiger partial charge in [-0.15, -0.1) is 12.4 Å². The monoisotopic (exact) mass is 342 g/mol. The maximum atomic E-state index is 10.4. The predicted octanol–water partition coefficient (Wildman–Crippen LogP) is 3.29. The number of benzene rings is 2. The minimum Gasteiger partial charge on any atom is -0.508 e. The second-order valence-corrected chi connectivity index (χ2v) is 5.16. The quantitative estimate of drug-likeness (QED) is 0.722. The van der Waals surface area contributed by atoms with Crippen LogP contribution in [-0.4, -0.2) is 28.9 Å². The molecule has 0 saturated carbocycles. The molecule has 3 N–H and O–H groups in total. The minimum atomic E-state index is -0.811. The summed E-state index contributed by atoms with van der Waals surface area (Å²) < 4.78 is 44.0. The van der Waals surface area contributed by atoms with Gasteiger partial charge in [0.15, 0.2) is 0 Å². The molecule has 0 saturated heterocycles. The number of hydrogen-bond donors (Lipinski definition) is 3. The van der Waals surface area contributed by atoms with Crippen molar-refractivity contribution in [3.8, 4) is 11.5 Å². The highest BCUT2D eigenvalue weighted by Gasteiger charge is 2.18. The van der Waals surface area contributed by atoms with Gasteiger partial charge >= 0.3 is 0 Å². The minimum absolute atomic E-state index is 0. The first-order valence-corrected chi connectivity index (χ1v) is 7.06. The summed E-state index contributed by atoms with van der Waals surface area (Å²) in [5.74, 6) is -0.0756. The highest BCUT2D eigenvalue weighted by Crippen LogP contribution is 2.20. The third kappa shape index (κ3) is 6.10. The number of aliphatic hydroxyl groups excluding tert-OH is 1. The summed E-state index contributed by atoms with van der Waals surface area (Å²) in [6.07, 6.45) is -0.811. The number of aromatic hydroxyl groups is 1. The molecule has 126 valence electrons. The Labute approximate surface area is 150 Å². The first-order valence-electron chi connectivity index (χ1n) is 9.56. The van der Waals surface area contributed by atoms with Crippen molar-refractivity contribution in [3.63, 3.8) is 0 Å². The van der Waals surface area contributed by atoms with Gasteiger partial charge in [-0.25, -0.2) is 0 Å². The van der Waals surface area contributed by atoms with Crippen LogP contribution in [0.5, 0.6) is 11.5 Å². The Morgan fingerprint density at radius 3 is 2.35 bits per heavy atom. The van der Waals surface area contributed by atoms with E-state index in [1.54, 1.807) is 26.0 Å². The van der Waals surface area contributed by atoms with E-state index in [0.717, 1.165) is 0 Å². The Balaban J connectivity index is 0.00000392. The number of hydrogen-bond acceptors (Lipinski definition) is 4. The molecule has 4 nitrogen and oxygen atoms in total. The maximum Gasteiger partial charge on any atom is 0.119 e. The number of ether oxygens (including phenoxy) is 1. The van der Waals surface area contributed by atoms with Gasteiger partial charge < -0.3 is 20.3 Å². The highest BCUT2D eigenvalue weighted by molar-refractivity contribution is 5.85. The Hall–Kier alpha value is -1.75. The molecule has 0 spiro atoms. The molecule has 5 heteroatoms. The van der Waals surface area contributed by atoms with Gasteiger partial charge in [-0.05, 0) is 43.6 Å². The van der Waals surface area contributed by atoms with Crippen LogP contribution in [0, 0.1) is 0 Å². The molecule has 0 aromatic heterocycles. The van der Waals surface area contributed by atoms with E-state index in [4.69, 9.17) is 11.6 Å². The van der Waals surface area contributed by atoms with Gasteiger partial charge in [0.2, 0.25) is 0 Å². The van der Waals surface area contributed by atoms with Crippen LogP contribution in [0.15, 0.2) is 54.5 Å². The first kappa shape index (κ1) is 12.6. The van der Waals surface area contributed by atoms with Gasteiger partial charge in [-0.1, -0.05) is 30.3 Å². The molecular weight excluding hydrogens is 314 g/mol. The van der Waals surface area contributed by atoms with E-state index in [9.17, 15) is 10.2 Å². The molecular formula is C18H24ClNO3. The largest absolute Gasteiger partial charge is 0.508 e. The van der Waals surface area contributed by atoms with E-state index in [0.29, 0.717) is 5.56 Å². The molecule has 2 rings (SSSR count). The van der Waals surface area contributed by atoms with E-state index in [-0.39, 0.29) is 54.7 Å². The van der Waals surface area contributed by atoms with Crippen LogP contribution in [0.1, 0.15) is 32.4 Å². The summed E-state index contributed by atoms with van der Waals surface area (Å²) in [5.41, 5.74) is 0.645. The van der Waals surface area contributed by atoms with Crippen molar-refractivity contribution in [2.24, 2.45) is 0 Å². The smallest absolute Gasteiger partial charge is 0.119 e. The van der Waals surface area contributed by atoms with Crippen molar-refractivity contribution in [1.29, 1.82) is 0 Å². The fourth-order valence-electron chi connectivity index (χ4n) is 2.07. The second-order valence-electron chi connectivity index (χ2n) is 5.16. The summed E-state index contributed by atoms with van der Waals surface area (Å²) >= 11 is 0. The number of phenols is 1. The maximum absolute atomic E-state index is 10.4. The van der Waals surface area contributed by atoms with E-state index in [2.05, 4.69) is 5.32 Å². The Morgan fingerprint density at radius 2 is 1.74 bits per heavy atom. The number of phenolic OH excluding ortho intramolecular Hbond substituents is 1. The molecule has 0 amide bonds. The van der Waals surface area contributed by atoms with Gasteiger partial charge in [-0.2, -0.15) is 0 Å². The SMILES string of the molecule is Cl.[2H]c1c([2H])c([2H])c(OCC(C)NC(C)C(O)c2ccc(O)cc2)c([2H])c1[2H]. The third-order valence-corrected chi connectivity index (χ3v) is 3.21. The lowest BCUT2D eigenvalue weighted by Crippen LogP contribution is -2.41. The number of rotatable bonds is 7. The van der Waals surface area contributed by atoms with Crippen LogP contribution in [0.3, 0.4) is 0 Å². The first-order chi connectivity index (χ1) is 12.6.